The largest absolute Gasteiger partial charge is 0.422 e. The number of esters is 1. The molecule has 4 nitrogen and oxygen atoms in total. The summed E-state index contributed by atoms with van der Waals surface area (Å²) in [6.45, 7) is -2.89. The number of benzene rings is 5. The second-order valence-corrected chi connectivity index (χ2v) is 13.9. The number of fused-ring (bicyclic) bond motifs is 1. The van der Waals surface area contributed by atoms with Crippen LogP contribution in [0.3, 0.4) is 0 Å². The molecule has 44 heavy (non-hydrogen) atoms. The molecule has 0 aliphatic carbocycles. The topological polar surface area (TPSA) is 56.5 Å². The molecule has 0 bridgehead atoms. The van der Waals surface area contributed by atoms with Crippen molar-refractivity contribution in [2.45, 2.75) is 5.92 Å². The molecule has 0 saturated carbocycles. The van der Waals surface area contributed by atoms with Gasteiger partial charge in [-0.3, -0.25) is 0 Å². The van der Waals surface area contributed by atoms with Crippen molar-refractivity contribution in [1.82, 2.24) is 0 Å². The summed E-state index contributed by atoms with van der Waals surface area (Å²) in [4.78, 5) is 27.9. The van der Waals surface area contributed by atoms with Crippen LogP contribution in [0.4, 0.5) is 4.39 Å². The highest BCUT2D eigenvalue weighted by Gasteiger charge is 2.41. The van der Waals surface area contributed by atoms with E-state index in [1.165, 1.54) is 12.1 Å². The minimum absolute atomic E-state index is 0.111. The van der Waals surface area contributed by atoms with Gasteiger partial charge >= 0.3 is 11.6 Å². The van der Waals surface area contributed by atoms with Crippen LogP contribution < -0.4 is 21.5 Å². The number of hydrogen-bond acceptors (Lipinski definition) is 4. The summed E-state index contributed by atoms with van der Waals surface area (Å²) in [5.74, 6) is -1.47. The molecule has 0 amide bonds. The molecule has 0 radical (unpaired) electrons. The van der Waals surface area contributed by atoms with Gasteiger partial charge in [0.05, 0.1) is 5.29 Å². The maximum absolute atomic E-state index is 14.7. The summed E-state index contributed by atoms with van der Waals surface area (Å²) in [6.07, 6.45) is 1.80. The third kappa shape index (κ3) is 4.72. The van der Waals surface area contributed by atoms with Crippen LogP contribution in [-0.4, -0.2) is 11.3 Å². The van der Waals surface area contributed by atoms with Gasteiger partial charge in [0.25, 0.3) is 0 Å². The lowest BCUT2D eigenvalue weighted by atomic mass is 9.92. The first kappa shape index (κ1) is 27.6. The quantitative estimate of drug-likeness (QED) is 0.125. The Kier molecular flexibility index (Phi) is 7.17. The van der Waals surface area contributed by atoms with Gasteiger partial charge in [-0.1, -0.05) is 121 Å². The number of cyclic esters (lactones) is 1. The van der Waals surface area contributed by atoms with Crippen LogP contribution in [0.25, 0.3) is 16.7 Å². The number of rotatable bonds is 5. The van der Waals surface area contributed by atoms with E-state index in [0.717, 1.165) is 15.9 Å². The van der Waals surface area contributed by atoms with Gasteiger partial charge in [0.2, 0.25) is 0 Å². The maximum Gasteiger partial charge on any atom is 0.347 e. The number of allylic oxidation sites excluding steroid dienone is 1. The number of ether oxygens (including phenoxy) is 1. The van der Waals surface area contributed by atoms with Crippen molar-refractivity contribution in [2.75, 3.05) is 0 Å². The van der Waals surface area contributed by atoms with Gasteiger partial charge in [-0.2, -0.15) is 0 Å². The van der Waals surface area contributed by atoms with Crippen molar-refractivity contribution in [3.63, 3.8) is 0 Å². The molecule has 214 valence electrons. The van der Waals surface area contributed by atoms with Gasteiger partial charge in [-0.25, -0.2) is 14.0 Å². The predicted octanol–water partition coefficient (Wildman–Crippen LogP) is 6.78. The van der Waals surface area contributed by atoms with Crippen LogP contribution in [0.15, 0.2) is 161 Å². The fourth-order valence-electron chi connectivity index (χ4n) is 6.01. The molecular weight excluding hydrogens is 570 g/mol. The standard InChI is InChI=1S/C38H26FO4P/c39-28-22-20-26(21-23-28)32-25-35(33-24-27-12-10-11-19-34(27)42-37(33)40)43-38(41)36(32)44(29-13-4-1-5-14-29,30-15-6-2-7-16-30)31-17-8-3-9-18-31/h1-25,32H. The smallest absolute Gasteiger partial charge is 0.347 e. The van der Waals surface area contributed by atoms with Gasteiger partial charge in [-0.15, -0.1) is 0 Å². The van der Waals surface area contributed by atoms with Crippen molar-refractivity contribution in [1.29, 1.82) is 0 Å². The van der Waals surface area contributed by atoms with Gasteiger partial charge in [-0.05, 0) is 58.7 Å². The van der Waals surface area contributed by atoms with E-state index in [2.05, 4.69) is 0 Å². The van der Waals surface area contributed by atoms with E-state index in [9.17, 15) is 14.0 Å². The number of carbonyl (C=O) groups is 1. The fourth-order valence-corrected chi connectivity index (χ4v) is 10.6. The molecule has 1 atom stereocenters. The molecule has 5 aromatic carbocycles. The molecule has 1 unspecified atom stereocenters. The summed E-state index contributed by atoms with van der Waals surface area (Å²) >= 11 is 0. The lowest BCUT2D eigenvalue weighted by Gasteiger charge is -2.36. The Labute approximate surface area is 253 Å². The SMILES string of the molecule is O=C1OC(c2cc3ccccc3oc2=O)=CC(c2ccc(F)cc2)C1=P(c1ccccc1)(c1ccccc1)c1ccccc1. The first-order valence-corrected chi connectivity index (χ1v) is 16.0. The zero-order valence-corrected chi connectivity index (χ0v) is 24.4. The zero-order valence-electron chi connectivity index (χ0n) is 23.5. The fraction of sp³-hybridized carbons (Fsp3) is 0.0263. The van der Waals surface area contributed by atoms with Crippen molar-refractivity contribution in [2.24, 2.45) is 0 Å². The molecule has 2 heterocycles. The molecule has 1 aromatic heterocycles. The zero-order chi connectivity index (χ0) is 30.1. The van der Waals surface area contributed by atoms with Crippen LogP contribution in [0.5, 0.6) is 0 Å². The number of hydrogen-bond donors (Lipinski definition) is 0. The van der Waals surface area contributed by atoms with Crippen molar-refractivity contribution in [3.05, 3.63) is 179 Å². The Hall–Kier alpha value is -5.25. The van der Waals surface area contributed by atoms with Crippen LogP contribution in [0.1, 0.15) is 17.0 Å². The summed E-state index contributed by atoms with van der Waals surface area (Å²) in [6, 6.07) is 45.0. The van der Waals surface area contributed by atoms with Gasteiger partial charge < -0.3 is 9.15 Å². The normalized spacial score (nSPS) is 15.1. The van der Waals surface area contributed by atoms with Crippen LogP contribution in [-0.2, 0) is 9.53 Å². The Balaban J connectivity index is 1.62. The summed E-state index contributed by atoms with van der Waals surface area (Å²) < 4.78 is 26.0. The predicted molar refractivity (Wildman–Crippen MR) is 176 cm³/mol. The molecule has 6 aromatic rings. The Morgan fingerprint density at radius 3 is 1.70 bits per heavy atom. The van der Waals surface area contributed by atoms with Crippen LogP contribution >= 0.6 is 6.89 Å². The lowest BCUT2D eigenvalue weighted by molar-refractivity contribution is -0.129. The Morgan fingerprint density at radius 2 is 1.14 bits per heavy atom. The van der Waals surface area contributed by atoms with Crippen molar-refractivity contribution < 1.29 is 18.3 Å². The summed E-state index contributed by atoms with van der Waals surface area (Å²) in [7, 11) is 0. The Bertz CT molecular complexity index is 2030. The minimum atomic E-state index is -2.89. The van der Waals surface area contributed by atoms with Gasteiger partial charge in [0.1, 0.15) is 22.7 Å². The van der Waals surface area contributed by atoms with E-state index >= 15 is 0 Å². The van der Waals surface area contributed by atoms with E-state index < -0.39 is 24.4 Å². The molecule has 0 N–H and O–H groups in total. The molecule has 7 rings (SSSR count). The monoisotopic (exact) mass is 596 g/mol. The number of para-hydroxylation sites is 1. The highest BCUT2D eigenvalue weighted by molar-refractivity contribution is 7.96. The second kappa shape index (κ2) is 11.4. The third-order valence-electron chi connectivity index (χ3n) is 7.95. The van der Waals surface area contributed by atoms with E-state index in [4.69, 9.17) is 9.15 Å². The number of halogens is 1. The molecule has 1 aliphatic rings. The van der Waals surface area contributed by atoms with Gasteiger partial charge in [0, 0.05) is 11.3 Å². The van der Waals surface area contributed by atoms with Crippen LogP contribution in [0, 0.1) is 5.82 Å². The average molecular weight is 597 g/mol. The molecular formula is C38H26FO4P. The summed E-state index contributed by atoms with van der Waals surface area (Å²) in [5, 5.41) is 4.14. The summed E-state index contributed by atoms with van der Waals surface area (Å²) in [5.41, 5.74) is 0.673. The molecule has 6 heteroatoms. The Morgan fingerprint density at radius 1 is 0.614 bits per heavy atom. The van der Waals surface area contributed by atoms with E-state index in [0.29, 0.717) is 21.8 Å². The van der Waals surface area contributed by atoms with Crippen LogP contribution in [0.2, 0.25) is 0 Å². The second-order valence-electron chi connectivity index (χ2n) is 10.5. The molecule has 1 aliphatic heterocycles. The van der Waals surface area contributed by atoms with Crippen molar-refractivity contribution >= 4 is 50.8 Å². The first-order valence-electron chi connectivity index (χ1n) is 14.2. The average Bonchev–Trinajstić information content (AvgIpc) is 3.07. The number of carbonyl (C=O) groups excluding carboxylic acids is 1. The van der Waals surface area contributed by atoms with Gasteiger partial charge in [0.15, 0.2) is 0 Å². The first-order chi connectivity index (χ1) is 21.6. The molecule has 0 saturated heterocycles. The molecule has 0 spiro atoms. The highest BCUT2D eigenvalue weighted by atomic mass is 31.2. The third-order valence-corrected chi connectivity index (χ3v) is 12.4. The lowest BCUT2D eigenvalue weighted by Crippen LogP contribution is -2.38. The minimum Gasteiger partial charge on any atom is -0.422 e. The molecule has 0 fully saturated rings. The maximum atomic E-state index is 14.7. The van der Waals surface area contributed by atoms with E-state index in [-0.39, 0.29) is 17.1 Å². The van der Waals surface area contributed by atoms with Crippen molar-refractivity contribution in [3.8, 4) is 0 Å². The highest BCUT2D eigenvalue weighted by Crippen LogP contribution is 2.51. The van der Waals surface area contributed by atoms with E-state index in [1.807, 2.05) is 103 Å². The van der Waals surface area contributed by atoms with E-state index in [1.54, 1.807) is 36.4 Å².